The number of fused-ring (bicyclic) bond motifs is 1. The highest BCUT2D eigenvalue weighted by atomic mass is 32.2. The maximum Gasteiger partial charge on any atom is 0.439 e. The molecule has 6 rings (SSSR count). The zero-order valence-electron chi connectivity index (χ0n) is 42.9. The van der Waals surface area contributed by atoms with Gasteiger partial charge in [0.05, 0.1) is 30.5 Å². The van der Waals surface area contributed by atoms with Crippen LogP contribution in [0.4, 0.5) is 4.79 Å². The molecule has 3 saturated heterocycles. The van der Waals surface area contributed by atoms with E-state index in [4.69, 9.17) is 15.2 Å². The number of piperidine rings is 1. The maximum atomic E-state index is 14.5. The quantitative estimate of drug-likeness (QED) is 0.0234. The van der Waals surface area contributed by atoms with Crippen LogP contribution in [0.2, 0.25) is 0 Å². The fourth-order valence-corrected chi connectivity index (χ4v) is 12.8. The van der Waals surface area contributed by atoms with Gasteiger partial charge in [0.15, 0.2) is 5.82 Å². The molecule has 9 N–H and O–H groups in total. The number of aromatic amines is 1. The molecule has 0 bridgehead atoms. The number of carbonyl (C=O) groups is 7. The number of sulfonamides is 1. The SMILES string of the molecule is COc1cc(C)c(S(=O)(=O)NC(CC(=O)NCCCC(=O)N[C@@H](CCCCN)C(=O)OC(=O)CCCC[C@@H]2SC[C@@H]3NC(=O)N[C@@H]32)C(=O)N[C@H](Cc2ccc(-c3noc(=O)[nH]3)cc2)C(=O)N2CCCCC2)c(C)c1C. The molecule has 2 aromatic carbocycles. The predicted octanol–water partition coefficient (Wildman–Crippen LogP) is 2.05. The first kappa shape index (κ1) is 58.0. The summed E-state index contributed by atoms with van der Waals surface area (Å²) in [6, 6.07) is 4.19. The number of urea groups is 1. The number of amides is 6. The highest BCUT2D eigenvalue weighted by Gasteiger charge is 2.42. The fraction of sp³-hybridized carbons (Fsp3) is 0.580. The molecule has 23 nitrogen and oxygen atoms in total. The van der Waals surface area contributed by atoms with E-state index in [-0.39, 0.29) is 78.6 Å². The van der Waals surface area contributed by atoms with Gasteiger partial charge in [0.1, 0.15) is 23.9 Å². The lowest BCUT2D eigenvalue weighted by Crippen LogP contribution is -2.56. The standard InChI is InChI=1S/C50H70N10O13S2/c1-29-25-38(71-4)30(2)31(3)44(29)75(69,70)59-35(46(64)54-36(47(65)60-23-10-5-11-24-60)26-32-17-19-33(20-18-32)45-57-50(68)73-58-45)27-41(62)52-22-12-15-40(61)53-34(13-8-9-21-51)48(66)72-42(63)16-7-6-14-39-43-37(28-74-39)55-49(67)56-43/h17-20,25,34-37,39,43,59H,5-16,21-24,26-28,51H2,1-4H3,(H,52,62)(H,53,61)(H,54,64)(H2,55,56,67)(H,57,58,68)/t34-,35?,36+,37-,39-,43-/m0/s1. The first-order valence-electron chi connectivity index (χ1n) is 25.5. The van der Waals surface area contributed by atoms with Gasteiger partial charge in [-0.15, -0.1) is 0 Å². The molecular weight excluding hydrogens is 1010 g/mol. The summed E-state index contributed by atoms with van der Waals surface area (Å²) in [6.45, 7) is 6.06. The molecule has 0 radical (unpaired) electrons. The normalized spacial score (nSPS) is 18.4. The lowest BCUT2D eigenvalue weighted by atomic mass is 10.0. The molecule has 4 heterocycles. The van der Waals surface area contributed by atoms with Gasteiger partial charge in [-0.1, -0.05) is 35.8 Å². The molecule has 0 spiro atoms. The number of nitrogens with zero attached hydrogens (tertiary/aromatic N) is 2. The molecule has 3 aromatic rings. The number of aromatic nitrogens is 2. The summed E-state index contributed by atoms with van der Waals surface area (Å²) >= 11 is 1.77. The number of carbonyl (C=O) groups excluding carboxylic acids is 7. The largest absolute Gasteiger partial charge is 0.496 e. The molecule has 1 aromatic heterocycles. The number of H-pyrrole nitrogens is 1. The average Bonchev–Trinajstić information content (AvgIpc) is 4.10. The number of benzene rings is 2. The number of nitrogens with one attached hydrogen (secondary N) is 7. The van der Waals surface area contributed by atoms with E-state index >= 15 is 0 Å². The Bertz CT molecular complexity index is 2690. The third kappa shape index (κ3) is 16.3. The highest BCUT2D eigenvalue weighted by molar-refractivity contribution is 8.00. The van der Waals surface area contributed by atoms with Crippen molar-refractivity contribution >= 4 is 63.4 Å². The van der Waals surface area contributed by atoms with Crippen LogP contribution in [0, 0.1) is 20.8 Å². The number of hydrogen-bond acceptors (Lipinski definition) is 16. The number of unbranched alkanes of at least 4 members (excludes halogenated alkanes) is 2. The second-order valence-corrected chi connectivity index (χ2v) is 22.1. The van der Waals surface area contributed by atoms with E-state index in [9.17, 15) is 46.8 Å². The van der Waals surface area contributed by atoms with Crippen molar-refractivity contribution in [2.75, 3.05) is 39.0 Å². The van der Waals surface area contributed by atoms with Crippen LogP contribution in [0.25, 0.3) is 11.4 Å². The molecule has 75 heavy (non-hydrogen) atoms. The number of hydrogen-bond donors (Lipinski definition) is 8. The summed E-state index contributed by atoms with van der Waals surface area (Å²) in [5, 5.41) is 17.8. The van der Waals surface area contributed by atoms with Crippen LogP contribution in [-0.4, -0.2) is 140 Å². The van der Waals surface area contributed by atoms with Gasteiger partial charge < -0.3 is 46.7 Å². The highest BCUT2D eigenvalue weighted by Crippen LogP contribution is 2.34. The molecule has 3 aliphatic rings. The Kier molecular flexibility index (Phi) is 21.2. The Balaban J connectivity index is 1.08. The Morgan fingerprint density at radius 3 is 2.33 bits per heavy atom. The van der Waals surface area contributed by atoms with Crippen molar-refractivity contribution in [3.8, 4) is 17.1 Å². The molecule has 25 heteroatoms. The van der Waals surface area contributed by atoms with Gasteiger partial charge in [0.2, 0.25) is 33.7 Å². The summed E-state index contributed by atoms with van der Waals surface area (Å²) in [5.41, 5.74) is 8.04. The van der Waals surface area contributed by atoms with Crippen LogP contribution in [0.15, 0.2) is 44.5 Å². The third-order valence-corrected chi connectivity index (χ3v) is 16.9. The number of nitrogens with two attached hydrogens (primary N) is 1. The van der Waals surface area contributed by atoms with Gasteiger partial charge in [0.25, 0.3) is 0 Å². The van der Waals surface area contributed by atoms with Gasteiger partial charge in [0, 0.05) is 55.5 Å². The van der Waals surface area contributed by atoms with Crippen LogP contribution in [0.1, 0.15) is 106 Å². The summed E-state index contributed by atoms with van der Waals surface area (Å²) in [5.74, 6) is -3.49. The first-order chi connectivity index (χ1) is 35.9. The van der Waals surface area contributed by atoms with Crippen LogP contribution in [0.3, 0.4) is 0 Å². The molecule has 6 amide bonds. The zero-order valence-corrected chi connectivity index (χ0v) is 44.5. The number of esters is 2. The maximum absolute atomic E-state index is 14.5. The van der Waals surface area contributed by atoms with Crippen LogP contribution >= 0.6 is 11.8 Å². The van der Waals surface area contributed by atoms with Crippen molar-refractivity contribution in [2.24, 2.45) is 5.73 Å². The minimum Gasteiger partial charge on any atom is -0.496 e. The number of methoxy groups -OCH3 is 1. The number of thioether (sulfide) groups is 1. The number of aryl methyl sites for hydroxylation is 1. The van der Waals surface area contributed by atoms with E-state index < -0.39 is 70.0 Å². The van der Waals surface area contributed by atoms with Crippen LogP contribution in [0.5, 0.6) is 5.75 Å². The fourth-order valence-electron chi connectivity index (χ4n) is 9.51. The molecule has 410 valence electrons. The van der Waals surface area contributed by atoms with Gasteiger partial charge in [-0.3, -0.25) is 33.5 Å². The molecule has 1 unspecified atom stereocenters. The smallest absolute Gasteiger partial charge is 0.439 e. The Hall–Kier alpha value is -6.31. The monoisotopic (exact) mass is 1080 g/mol. The molecule has 0 saturated carbocycles. The Labute approximate surface area is 440 Å². The van der Waals surface area contributed by atoms with E-state index in [0.717, 1.165) is 31.4 Å². The molecular formula is C50H70N10O13S2. The molecule has 6 atom stereocenters. The second-order valence-electron chi connectivity index (χ2n) is 19.2. The number of rotatable bonds is 27. The summed E-state index contributed by atoms with van der Waals surface area (Å²) in [7, 11) is -3.06. The van der Waals surface area contributed by atoms with E-state index in [1.54, 1.807) is 67.8 Å². The molecule has 3 fully saturated rings. The minimum absolute atomic E-state index is 0.00129. The first-order valence-corrected chi connectivity index (χ1v) is 28.0. The van der Waals surface area contributed by atoms with Crippen molar-refractivity contribution in [2.45, 2.75) is 151 Å². The summed E-state index contributed by atoms with van der Waals surface area (Å²) in [6.07, 6.45) is 4.81. The lowest BCUT2D eigenvalue weighted by molar-refractivity contribution is -0.162. The van der Waals surface area contributed by atoms with E-state index in [0.29, 0.717) is 78.9 Å². The predicted molar refractivity (Wildman–Crippen MR) is 277 cm³/mol. The van der Waals surface area contributed by atoms with Gasteiger partial charge >= 0.3 is 23.7 Å². The van der Waals surface area contributed by atoms with Crippen LogP contribution in [-0.2, 0) is 49.9 Å². The topological polar surface area (TPSA) is 332 Å². The number of ether oxygens (including phenoxy) is 2. The van der Waals surface area contributed by atoms with E-state index in [2.05, 4.69) is 46.0 Å². The molecule has 0 aliphatic carbocycles. The van der Waals surface area contributed by atoms with Crippen molar-refractivity contribution < 1.29 is 56.0 Å². The second kappa shape index (κ2) is 27.5. The van der Waals surface area contributed by atoms with Gasteiger partial charge in [-0.2, -0.15) is 16.5 Å². The van der Waals surface area contributed by atoms with E-state index in [1.165, 1.54) is 7.11 Å². The summed E-state index contributed by atoms with van der Waals surface area (Å²) in [4.78, 5) is 109. The van der Waals surface area contributed by atoms with Crippen molar-refractivity contribution in [3.05, 3.63) is 63.1 Å². The zero-order chi connectivity index (χ0) is 54.2. The minimum atomic E-state index is -4.52. The van der Waals surface area contributed by atoms with Crippen molar-refractivity contribution in [1.29, 1.82) is 0 Å². The van der Waals surface area contributed by atoms with E-state index in [1.807, 2.05) is 0 Å². The van der Waals surface area contributed by atoms with Crippen molar-refractivity contribution in [1.82, 2.24) is 46.3 Å². The Morgan fingerprint density at radius 2 is 1.64 bits per heavy atom. The van der Waals surface area contributed by atoms with Crippen LogP contribution < -0.4 is 47.5 Å². The summed E-state index contributed by atoms with van der Waals surface area (Å²) < 4.78 is 46.2. The number of likely N-dealkylation sites (tertiary alicyclic amines) is 1. The Morgan fingerprint density at radius 1 is 0.893 bits per heavy atom. The third-order valence-electron chi connectivity index (χ3n) is 13.6. The lowest BCUT2D eigenvalue weighted by Gasteiger charge is -2.31. The molecule has 3 aliphatic heterocycles. The van der Waals surface area contributed by atoms with Crippen molar-refractivity contribution in [3.63, 3.8) is 0 Å². The van der Waals surface area contributed by atoms with Gasteiger partial charge in [-0.25, -0.2) is 22.8 Å². The van der Waals surface area contributed by atoms with Gasteiger partial charge in [-0.05, 0) is 113 Å². The average molecular weight is 1080 g/mol.